The highest BCUT2D eigenvalue weighted by molar-refractivity contribution is 5.56. The molecule has 0 aliphatic heterocycles. The smallest absolute Gasteiger partial charge is 0.252 e. The molecule has 2 rings (SSSR count). The fourth-order valence-electron chi connectivity index (χ4n) is 1.32. The van der Waals surface area contributed by atoms with E-state index in [1.54, 1.807) is 24.3 Å². The highest BCUT2D eigenvalue weighted by Crippen LogP contribution is 2.20. The molecular formula is C11H13N3O3. The van der Waals surface area contributed by atoms with E-state index in [2.05, 4.69) is 10.1 Å². The number of benzene rings is 1. The summed E-state index contributed by atoms with van der Waals surface area (Å²) >= 11 is 0. The molecule has 0 bridgehead atoms. The number of nitrogens with zero attached hydrogens (tertiary/aromatic N) is 2. The molecule has 1 aromatic heterocycles. The van der Waals surface area contributed by atoms with Crippen molar-refractivity contribution >= 4 is 0 Å². The average Bonchev–Trinajstić information content (AvgIpc) is 2.78. The maximum Gasteiger partial charge on any atom is 0.252 e. The van der Waals surface area contributed by atoms with Gasteiger partial charge in [0.2, 0.25) is 5.82 Å². The van der Waals surface area contributed by atoms with Gasteiger partial charge in [0.15, 0.2) is 0 Å². The Bertz CT molecular complexity index is 484. The van der Waals surface area contributed by atoms with Gasteiger partial charge in [-0.15, -0.1) is 0 Å². The maximum absolute atomic E-state index is 9.33. The highest BCUT2D eigenvalue weighted by atomic mass is 16.5. The quantitative estimate of drug-likeness (QED) is 0.748. The van der Waals surface area contributed by atoms with Gasteiger partial charge >= 0.3 is 0 Å². The SMILES string of the molecule is NCCOCc1nc(-c2cccc(O)c2)no1. The topological polar surface area (TPSA) is 94.4 Å². The summed E-state index contributed by atoms with van der Waals surface area (Å²) in [4.78, 5) is 4.14. The third-order valence-corrected chi connectivity index (χ3v) is 2.06. The van der Waals surface area contributed by atoms with E-state index in [4.69, 9.17) is 15.0 Å². The summed E-state index contributed by atoms with van der Waals surface area (Å²) in [5.74, 6) is 0.970. The lowest BCUT2D eigenvalue weighted by atomic mass is 10.2. The largest absolute Gasteiger partial charge is 0.508 e. The van der Waals surface area contributed by atoms with E-state index in [-0.39, 0.29) is 12.4 Å². The second-order valence-electron chi connectivity index (χ2n) is 3.40. The standard InChI is InChI=1S/C11H13N3O3/c12-4-5-16-7-10-13-11(14-17-10)8-2-1-3-9(15)6-8/h1-3,6,15H,4-5,7,12H2. The van der Waals surface area contributed by atoms with Crippen molar-refractivity contribution < 1.29 is 14.4 Å². The van der Waals surface area contributed by atoms with Crippen molar-refractivity contribution in [3.05, 3.63) is 30.2 Å². The monoisotopic (exact) mass is 235 g/mol. The van der Waals surface area contributed by atoms with Crippen molar-refractivity contribution in [2.45, 2.75) is 6.61 Å². The predicted molar refractivity (Wildman–Crippen MR) is 60.1 cm³/mol. The lowest BCUT2D eigenvalue weighted by Gasteiger charge is -1.96. The Kier molecular flexibility index (Phi) is 3.69. The Morgan fingerprint density at radius 1 is 1.41 bits per heavy atom. The van der Waals surface area contributed by atoms with Gasteiger partial charge in [-0.25, -0.2) is 0 Å². The summed E-state index contributed by atoms with van der Waals surface area (Å²) < 4.78 is 10.2. The molecule has 90 valence electrons. The van der Waals surface area contributed by atoms with Gasteiger partial charge in [0.05, 0.1) is 6.61 Å². The van der Waals surface area contributed by atoms with E-state index in [1.807, 2.05) is 0 Å². The van der Waals surface area contributed by atoms with Gasteiger partial charge in [-0.2, -0.15) is 4.98 Å². The fraction of sp³-hybridized carbons (Fsp3) is 0.273. The van der Waals surface area contributed by atoms with Crippen LogP contribution in [0.2, 0.25) is 0 Å². The van der Waals surface area contributed by atoms with Crippen LogP contribution in [0.15, 0.2) is 28.8 Å². The number of hydrogen-bond donors (Lipinski definition) is 2. The van der Waals surface area contributed by atoms with Gasteiger partial charge in [0, 0.05) is 12.1 Å². The van der Waals surface area contributed by atoms with Gasteiger partial charge in [-0.05, 0) is 12.1 Å². The molecule has 0 saturated carbocycles. The van der Waals surface area contributed by atoms with Gasteiger partial charge < -0.3 is 20.1 Å². The first-order valence-electron chi connectivity index (χ1n) is 5.19. The minimum absolute atomic E-state index is 0.160. The molecule has 1 heterocycles. The van der Waals surface area contributed by atoms with Crippen LogP contribution in [0.3, 0.4) is 0 Å². The van der Waals surface area contributed by atoms with Crippen molar-refractivity contribution in [2.24, 2.45) is 5.73 Å². The van der Waals surface area contributed by atoms with Crippen molar-refractivity contribution in [1.82, 2.24) is 10.1 Å². The van der Waals surface area contributed by atoms with Crippen LogP contribution >= 0.6 is 0 Å². The van der Waals surface area contributed by atoms with Crippen LogP contribution in [-0.2, 0) is 11.3 Å². The van der Waals surface area contributed by atoms with Crippen molar-refractivity contribution in [3.63, 3.8) is 0 Å². The van der Waals surface area contributed by atoms with Crippen LogP contribution < -0.4 is 5.73 Å². The molecule has 0 saturated heterocycles. The van der Waals surface area contributed by atoms with Gasteiger partial charge in [-0.3, -0.25) is 0 Å². The molecular weight excluding hydrogens is 222 g/mol. The van der Waals surface area contributed by atoms with Crippen LogP contribution in [0.4, 0.5) is 0 Å². The summed E-state index contributed by atoms with van der Waals surface area (Å²) in [6.45, 7) is 1.14. The van der Waals surface area contributed by atoms with E-state index in [1.165, 1.54) is 0 Å². The molecule has 6 heteroatoms. The number of phenolic OH excluding ortho intramolecular Hbond substituents is 1. The van der Waals surface area contributed by atoms with E-state index in [9.17, 15) is 5.11 Å². The van der Waals surface area contributed by atoms with Crippen molar-refractivity contribution in [2.75, 3.05) is 13.2 Å². The molecule has 1 aromatic carbocycles. The predicted octanol–water partition coefficient (Wildman–Crippen LogP) is 0.917. The Labute approximate surface area is 98.0 Å². The van der Waals surface area contributed by atoms with E-state index in [0.29, 0.717) is 30.4 Å². The van der Waals surface area contributed by atoms with Crippen LogP contribution in [0.25, 0.3) is 11.4 Å². The average molecular weight is 235 g/mol. The number of phenols is 1. The second kappa shape index (κ2) is 5.42. The molecule has 0 atom stereocenters. The number of rotatable bonds is 5. The Morgan fingerprint density at radius 2 is 2.29 bits per heavy atom. The summed E-state index contributed by atoms with van der Waals surface area (Å²) in [5.41, 5.74) is 5.98. The Hall–Kier alpha value is -1.92. The first-order chi connectivity index (χ1) is 8.29. The van der Waals surface area contributed by atoms with Crippen LogP contribution in [-0.4, -0.2) is 28.4 Å². The first kappa shape index (κ1) is 11.6. The van der Waals surface area contributed by atoms with Crippen molar-refractivity contribution in [1.29, 1.82) is 0 Å². The third-order valence-electron chi connectivity index (χ3n) is 2.06. The van der Waals surface area contributed by atoms with Gasteiger partial charge in [0.1, 0.15) is 12.4 Å². The molecule has 0 unspecified atom stereocenters. The normalized spacial score (nSPS) is 10.6. The van der Waals surface area contributed by atoms with Crippen LogP contribution in [0.1, 0.15) is 5.89 Å². The molecule has 0 spiro atoms. The summed E-state index contributed by atoms with van der Waals surface area (Å²) in [6.07, 6.45) is 0. The number of ether oxygens (including phenoxy) is 1. The molecule has 2 aromatic rings. The highest BCUT2D eigenvalue weighted by Gasteiger charge is 2.08. The summed E-state index contributed by atoms with van der Waals surface area (Å²) in [5, 5.41) is 13.1. The van der Waals surface area contributed by atoms with Crippen LogP contribution in [0, 0.1) is 0 Å². The molecule has 17 heavy (non-hydrogen) atoms. The lowest BCUT2D eigenvalue weighted by molar-refractivity contribution is 0.104. The fourth-order valence-corrected chi connectivity index (χ4v) is 1.32. The van der Waals surface area contributed by atoms with Gasteiger partial charge in [0.25, 0.3) is 5.89 Å². The molecule has 0 radical (unpaired) electrons. The zero-order valence-corrected chi connectivity index (χ0v) is 9.17. The Balaban J connectivity index is 2.07. The lowest BCUT2D eigenvalue weighted by Crippen LogP contribution is -2.08. The number of hydrogen-bond acceptors (Lipinski definition) is 6. The molecule has 0 aliphatic carbocycles. The molecule has 3 N–H and O–H groups in total. The number of aromatic hydroxyl groups is 1. The minimum atomic E-state index is 0.160. The van der Waals surface area contributed by atoms with Crippen LogP contribution in [0.5, 0.6) is 5.75 Å². The summed E-state index contributed by atoms with van der Waals surface area (Å²) in [6, 6.07) is 6.64. The van der Waals surface area contributed by atoms with E-state index < -0.39 is 0 Å². The molecule has 0 fully saturated rings. The molecule has 0 amide bonds. The second-order valence-corrected chi connectivity index (χ2v) is 3.40. The number of aromatic nitrogens is 2. The first-order valence-corrected chi connectivity index (χ1v) is 5.19. The maximum atomic E-state index is 9.33. The summed E-state index contributed by atoms with van der Waals surface area (Å²) in [7, 11) is 0. The molecule has 0 aliphatic rings. The van der Waals surface area contributed by atoms with Gasteiger partial charge in [-0.1, -0.05) is 17.3 Å². The minimum Gasteiger partial charge on any atom is -0.508 e. The number of nitrogens with two attached hydrogens (primary N) is 1. The zero-order valence-electron chi connectivity index (χ0n) is 9.17. The van der Waals surface area contributed by atoms with Crippen molar-refractivity contribution in [3.8, 4) is 17.1 Å². The Morgan fingerprint density at radius 3 is 3.06 bits per heavy atom. The third kappa shape index (κ3) is 3.02. The zero-order chi connectivity index (χ0) is 12.1. The van der Waals surface area contributed by atoms with E-state index >= 15 is 0 Å². The molecule has 6 nitrogen and oxygen atoms in total. The van der Waals surface area contributed by atoms with E-state index in [0.717, 1.165) is 0 Å².